The van der Waals surface area contributed by atoms with Gasteiger partial charge in [0.05, 0.1) is 25.3 Å². The lowest BCUT2D eigenvalue weighted by Gasteiger charge is -2.10. The third kappa shape index (κ3) is 4.09. The van der Waals surface area contributed by atoms with Crippen LogP contribution < -0.4 is 5.32 Å². The highest BCUT2D eigenvalue weighted by molar-refractivity contribution is 6.06. The lowest BCUT2D eigenvalue weighted by atomic mass is 10.1. The summed E-state index contributed by atoms with van der Waals surface area (Å²) in [6.45, 7) is 0. The van der Waals surface area contributed by atoms with Crippen LogP contribution in [0.5, 0.6) is 0 Å². The van der Waals surface area contributed by atoms with E-state index < -0.39 is 11.9 Å². The number of aromatic nitrogens is 1. The van der Waals surface area contributed by atoms with Crippen molar-refractivity contribution in [2.45, 2.75) is 0 Å². The van der Waals surface area contributed by atoms with E-state index in [9.17, 15) is 14.4 Å². The number of hydrogen-bond acceptors (Lipinski definition) is 5. The number of amides is 1. The van der Waals surface area contributed by atoms with Gasteiger partial charge in [0, 0.05) is 29.3 Å². The second-order valence-electron chi connectivity index (χ2n) is 5.87. The first kappa shape index (κ1) is 18.9. The molecule has 0 saturated carbocycles. The van der Waals surface area contributed by atoms with Crippen molar-refractivity contribution in [2.75, 3.05) is 19.5 Å². The van der Waals surface area contributed by atoms with Crippen molar-refractivity contribution in [3.63, 3.8) is 0 Å². The van der Waals surface area contributed by atoms with E-state index >= 15 is 0 Å². The zero-order valence-corrected chi connectivity index (χ0v) is 15.3. The molecule has 3 aromatic rings. The van der Waals surface area contributed by atoms with Gasteiger partial charge in [0.25, 0.3) is 5.91 Å². The number of nitrogens with zero attached hydrogens (tertiary/aromatic N) is 1. The third-order valence-electron chi connectivity index (χ3n) is 4.07. The van der Waals surface area contributed by atoms with Crippen molar-refractivity contribution < 1.29 is 23.9 Å². The van der Waals surface area contributed by atoms with Crippen molar-refractivity contribution in [2.24, 2.45) is 0 Å². The standard InChI is InChI=1S/C21H18N2O5/c1-27-20(25)15-11-16(21(26)28-2)13-17(12-15)22-19(24)14-5-7-18(8-6-14)23-9-3-4-10-23/h3-13H,1-2H3,(H,22,24). The first-order chi connectivity index (χ1) is 13.5. The van der Waals surface area contributed by atoms with Crippen LogP contribution in [0, 0.1) is 0 Å². The summed E-state index contributed by atoms with van der Waals surface area (Å²) in [4.78, 5) is 36.3. The van der Waals surface area contributed by atoms with Crippen LogP contribution in [0.25, 0.3) is 5.69 Å². The molecule has 142 valence electrons. The number of ether oxygens (including phenoxy) is 2. The Bertz CT molecular complexity index is 974. The van der Waals surface area contributed by atoms with E-state index in [0.717, 1.165) is 5.69 Å². The Morgan fingerprint density at radius 2 is 1.32 bits per heavy atom. The van der Waals surface area contributed by atoms with E-state index in [2.05, 4.69) is 5.32 Å². The summed E-state index contributed by atoms with van der Waals surface area (Å²) in [6.07, 6.45) is 3.81. The molecule has 0 fully saturated rings. The van der Waals surface area contributed by atoms with Gasteiger partial charge in [-0.15, -0.1) is 0 Å². The highest BCUT2D eigenvalue weighted by Crippen LogP contribution is 2.18. The molecule has 1 N–H and O–H groups in total. The number of anilines is 1. The van der Waals surface area contributed by atoms with Crippen molar-refractivity contribution >= 4 is 23.5 Å². The van der Waals surface area contributed by atoms with Crippen LogP contribution >= 0.6 is 0 Å². The minimum absolute atomic E-state index is 0.128. The molecule has 0 aliphatic heterocycles. The van der Waals surface area contributed by atoms with Gasteiger partial charge in [0.15, 0.2) is 0 Å². The molecule has 1 amide bonds. The monoisotopic (exact) mass is 378 g/mol. The molecule has 3 rings (SSSR count). The molecule has 1 heterocycles. The highest BCUT2D eigenvalue weighted by Gasteiger charge is 2.15. The minimum atomic E-state index is -0.627. The molecule has 0 aliphatic rings. The summed E-state index contributed by atoms with van der Waals surface area (Å²) < 4.78 is 11.3. The van der Waals surface area contributed by atoms with E-state index in [1.54, 1.807) is 12.1 Å². The number of rotatable bonds is 5. The maximum atomic E-state index is 12.6. The summed E-state index contributed by atoms with van der Waals surface area (Å²) >= 11 is 0. The van der Waals surface area contributed by atoms with E-state index in [4.69, 9.17) is 9.47 Å². The molecule has 28 heavy (non-hydrogen) atoms. The predicted molar refractivity (Wildman–Crippen MR) is 103 cm³/mol. The van der Waals surface area contributed by atoms with Gasteiger partial charge in [-0.2, -0.15) is 0 Å². The number of methoxy groups -OCH3 is 2. The largest absolute Gasteiger partial charge is 0.465 e. The first-order valence-corrected chi connectivity index (χ1v) is 8.38. The Kier molecular flexibility index (Phi) is 5.55. The zero-order chi connectivity index (χ0) is 20.1. The van der Waals surface area contributed by atoms with Gasteiger partial charge in [-0.3, -0.25) is 4.79 Å². The average Bonchev–Trinajstić information content (AvgIpc) is 3.27. The Morgan fingerprint density at radius 3 is 1.82 bits per heavy atom. The summed E-state index contributed by atoms with van der Waals surface area (Å²) in [5, 5.41) is 2.69. The maximum Gasteiger partial charge on any atom is 0.337 e. The lowest BCUT2D eigenvalue weighted by molar-refractivity contribution is 0.0599. The fourth-order valence-corrected chi connectivity index (χ4v) is 2.67. The molecule has 0 saturated heterocycles. The van der Waals surface area contributed by atoms with E-state index in [-0.39, 0.29) is 22.7 Å². The summed E-state index contributed by atoms with van der Waals surface area (Å²) in [6, 6.07) is 15.1. The molecule has 0 aliphatic carbocycles. The molecule has 0 atom stereocenters. The van der Waals surface area contributed by atoms with Crippen LogP contribution in [0.2, 0.25) is 0 Å². The SMILES string of the molecule is COC(=O)c1cc(NC(=O)c2ccc(-n3cccc3)cc2)cc(C(=O)OC)c1. The normalized spacial score (nSPS) is 10.2. The highest BCUT2D eigenvalue weighted by atomic mass is 16.5. The number of nitrogens with one attached hydrogen (secondary N) is 1. The van der Waals surface area contributed by atoms with Crippen molar-refractivity contribution in [1.82, 2.24) is 4.57 Å². The van der Waals surface area contributed by atoms with E-state index in [0.29, 0.717) is 5.56 Å². The molecule has 0 unspecified atom stereocenters. The van der Waals surface area contributed by atoms with Crippen LogP contribution in [0.3, 0.4) is 0 Å². The summed E-state index contributed by atoms with van der Waals surface area (Å²) in [5.74, 6) is -1.63. The van der Waals surface area contributed by atoms with Gasteiger partial charge in [-0.25, -0.2) is 9.59 Å². The van der Waals surface area contributed by atoms with E-state index in [1.165, 1.54) is 32.4 Å². The first-order valence-electron chi connectivity index (χ1n) is 8.38. The lowest BCUT2D eigenvalue weighted by Crippen LogP contribution is -2.14. The van der Waals surface area contributed by atoms with Gasteiger partial charge >= 0.3 is 11.9 Å². The van der Waals surface area contributed by atoms with Crippen molar-refractivity contribution in [1.29, 1.82) is 0 Å². The average molecular weight is 378 g/mol. The second-order valence-corrected chi connectivity index (χ2v) is 5.87. The number of esters is 2. The number of carbonyl (C=O) groups excluding carboxylic acids is 3. The molecule has 1 aromatic heterocycles. The number of carbonyl (C=O) groups is 3. The smallest absolute Gasteiger partial charge is 0.337 e. The van der Waals surface area contributed by atoms with Crippen LogP contribution in [0.4, 0.5) is 5.69 Å². The van der Waals surface area contributed by atoms with Gasteiger partial charge in [-0.1, -0.05) is 0 Å². The fourth-order valence-electron chi connectivity index (χ4n) is 2.67. The Hall–Kier alpha value is -3.87. The van der Waals surface area contributed by atoms with Gasteiger partial charge in [0.2, 0.25) is 0 Å². The van der Waals surface area contributed by atoms with Crippen molar-refractivity contribution in [3.05, 3.63) is 83.7 Å². The Balaban J connectivity index is 1.84. The van der Waals surface area contributed by atoms with Gasteiger partial charge < -0.3 is 19.4 Å². The quantitative estimate of drug-likeness (QED) is 0.689. The van der Waals surface area contributed by atoms with Crippen LogP contribution in [-0.4, -0.2) is 36.6 Å². The minimum Gasteiger partial charge on any atom is -0.465 e. The Labute approximate surface area is 161 Å². The molecule has 7 heteroatoms. The summed E-state index contributed by atoms with van der Waals surface area (Å²) in [5.41, 5.74) is 1.89. The molecule has 2 aromatic carbocycles. The molecular formula is C21H18N2O5. The predicted octanol–water partition coefficient (Wildman–Crippen LogP) is 3.30. The fraction of sp³-hybridized carbons (Fsp3) is 0.0952. The third-order valence-corrected chi connectivity index (χ3v) is 4.07. The Morgan fingerprint density at radius 1 is 0.786 bits per heavy atom. The number of hydrogen-bond donors (Lipinski definition) is 1. The molecule has 7 nitrogen and oxygen atoms in total. The van der Waals surface area contributed by atoms with Gasteiger partial charge in [-0.05, 0) is 54.6 Å². The molecule has 0 radical (unpaired) electrons. The second kappa shape index (κ2) is 8.22. The summed E-state index contributed by atoms with van der Waals surface area (Å²) in [7, 11) is 2.47. The molecule has 0 bridgehead atoms. The molecular weight excluding hydrogens is 360 g/mol. The van der Waals surface area contributed by atoms with Crippen molar-refractivity contribution in [3.8, 4) is 5.69 Å². The van der Waals surface area contributed by atoms with Crippen LogP contribution in [0.15, 0.2) is 67.0 Å². The van der Waals surface area contributed by atoms with E-state index in [1.807, 2.05) is 41.2 Å². The molecule has 0 spiro atoms. The van der Waals surface area contributed by atoms with Crippen LogP contribution in [0.1, 0.15) is 31.1 Å². The van der Waals surface area contributed by atoms with Gasteiger partial charge in [0.1, 0.15) is 0 Å². The zero-order valence-electron chi connectivity index (χ0n) is 15.3. The van der Waals surface area contributed by atoms with Crippen LogP contribution in [-0.2, 0) is 9.47 Å². The maximum absolute atomic E-state index is 12.6. The number of benzene rings is 2. The topological polar surface area (TPSA) is 86.6 Å².